The highest BCUT2D eigenvalue weighted by atomic mass is 16.5. The van der Waals surface area contributed by atoms with Gasteiger partial charge in [0, 0.05) is 6.42 Å². The van der Waals surface area contributed by atoms with Crippen LogP contribution in [0, 0.1) is 5.41 Å². The maximum absolute atomic E-state index is 12.0. The molecule has 0 aromatic heterocycles. The van der Waals surface area contributed by atoms with Gasteiger partial charge in [-0.3, -0.25) is 9.59 Å². The molecule has 17 heavy (non-hydrogen) atoms. The van der Waals surface area contributed by atoms with Gasteiger partial charge in [-0.05, 0) is 13.3 Å². The number of esters is 1. The maximum Gasteiger partial charge on any atom is 0.322 e. The van der Waals surface area contributed by atoms with Crippen LogP contribution in [0.5, 0.6) is 0 Å². The highest BCUT2D eigenvalue weighted by Gasteiger charge is 2.48. The zero-order chi connectivity index (χ0) is 12.7. The van der Waals surface area contributed by atoms with Crippen LogP contribution >= 0.6 is 0 Å². The Bertz CT molecular complexity index is 275. The average Bonchev–Trinajstić information content (AvgIpc) is 2.32. The Balaban J connectivity index is 2.74. The van der Waals surface area contributed by atoms with E-state index in [-0.39, 0.29) is 12.4 Å². The summed E-state index contributed by atoms with van der Waals surface area (Å²) >= 11 is 0. The van der Waals surface area contributed by atoms with Crippen molar-refractivity contribution in [3.63, 3.8) is 0 Å². The largest absolute Gasteiger partial charge is 0.465 e. The van der Waals surface area contributed by atoms with E-state index in [1.165, 1.54) is 0 Å². The molecule has 0 bridgehead atoms. The van der Waals surface area contributed by atoms with Crippen molar-refractivity contribution in [1.29, 1.82) is 0 Å². The molecular weight excluding hydrogens is 220 g/mol. The SMILES string of the molecule is CCCCCC1(C(=O)OCC)COCCC1=O. The summed E-state index contributed by atoms with van der Waals surface area (Å²) < 4.78 is 10.4. The van der Waals surface area contributed by atoms with Gasteiger partial charge in [-0.25, -0.2) is 0 Å². The number of Topliss-reactive ketones (excluding diaryl/α,β-unsaturated/α-hetero) is 1. The molecule has 1 heterocycles. The van der Waals surface area contributed by atoms with Gasteiger partial charge in [-0.2, -0.15) is 0 Å². The molecule has 0 aliphatic carbocycles. The number of hydrogen-bond donors (Lipinski definition) is 0. The molecule has 1 unspecified atom stereocenters. The summed E-state index contributed by atoms with van der Waals surface area (Å²) in [6.07, 6.45) is 3.83. The van der Waals surface area contributed by atoms with Crippen LogP contribution in [0.4, 0.5) is 0 Å². The molecule has 1 aliphatic heterocycles. The van der Waals surface area contributed by atoms with Crippen molar-refractivity contribution in [2.24, 2.45) is 5.41 Å². The third kappa shape index (κ3) is 3.28. The van der Waals surface area contributed by atoms with Crippen molar-refractivity contribution in [3.05, 3.63) is 0 Å². The lowest BCUT2D eigenvalue weighted by molar-refractivity contribution is -0.169. The van der Waals surface area contributed by atoms with Gasteiger partial charge in [-0.15, -0.1) is 0 Å². The Morgan fingerprint density at radius 1 is 1.41 bits per heavy atom. The molecule has 1 aliphatic rings. The van der Waals surface area contributed by atoms with Crippen LogP contribution in [-0.2, 0) is 19.1 Å². The van der Waals surface area contributed by atoms with E-state index in [4.69, 9.17) is 9.47 Å². The van der Waals surface area contributed by atoms with Crippen molar-refractivity contribution in [1.82, 2.24) is 0 Å². The minimum absolute atomic E-state index is 0.0155. The van der Waals surface area contributed by atoms with Gasteiger partial charge in [-0.1, -0.05) is 26.2 Å². The van der Waals surface area contributed by atoms with Crippen LogP contribution in [0.1, 0.15) is 46.0 Å². The summed E-state index contributed by atoms with van der Waals surface area (Å²) in [7, 11) is 0. The fraction of sp³-hybridized carbons (Fsp3) is 0.846. The number of carbonyl (C=O) groups excluding carboxylic acids is 2. The lowest BCUT2D eigenvalue weighted by Gasteiger charge is -2.33. The summed E-state index contributed by atoms with van der Waals surface area (Å²) in [4.78, 5) is 24.0. The summed E-state index contributed by atoms with van der Waals surface area (Å²) in [6, 6.07) is 0. The zero-order valence-corrected chi connectivity index (χ0v) is 10.8. The molecule has 0 amide bonds. The van der Waals surface area contributed by atoms with Crippen LogP contribution in [0.25, 0.3) is 0 Å². The van der Waals surface area contributed by atoms with Crippen LogP contribution in [0.3, 0.4) is 0 Å². The lowest BCUT2D eigenvalue weighted by Crippen LogP contribution is -2.48. The summed E-state index contributed by atoms with van der Waals surface area (Å²) in [6.45, 7) is 4.77. The molecule has 0 aromatic carbocycles. The fourth-order valence-electron chi connectivity index (χ4n) is 2.16. The fourth-order valence-corrected chi connectivity index (χ4v) is 2.16. The maximum atomic E-state index is 12.0. The molecule has 1 saturated heterocycles. The molecule has 98 valence electrons. The van der Waals surface area contributed by atoms with E-state index in [0.29, 0.717) is 26.1 Å². The molecule has 4 heteroatoms. The molecule has 1 fully saturated rings. The molecule has 4 nitrogen and oxygen atoms in total. The quantitative estimate of drug-likeness (QED) is 0.406. The van der Waals surface area contributed by atoms with Crippen LogP contribution in [-0.4, -0.2) is 31.6 Å². The van der Waals surface area contributed by atoms with Crippen LogP contribution in [0.15, 0.2) is 0 Å². The van der Waals surface area contributed by atoms with E-state index in [1.807, 2.05) is 0 Å². The number of ketones is 1. The summed E-state index contributed by atoms with van der Waals surface area (Å²) in [5.74, 6) is -0.417. The van der Waals surface area contributed by atoms with E-state index < -0.39 is 11.4 Å². The van der Waals surface area contributed by atoms with Crippen molar-refractivity contribution in [2.75, 3.05) is 19.8 Å². The smallest absolute Gasteiger partial charge is 0.322 e. The number of carbonyl (C=O) groups is 2. The number of unbranched alkanes of at least 4 members (excludes halogenated alkanes) is 2. The van der Waals surface area contributed by atoms with Crippen LogP contribution < -0.4 is 0 Å². The van der Waals surface area contributed by atoms with Crippen molar-refractivity contribution < 1.29 is 19.1 Å². The second-order valence-corrected chi connectivity index (χ2v) is 4.49. The molecule has 0 aromatic rings. The van der Waals surface area contributed by atoms with E-state index in [9.17, 15) is 9.59 Å². The molecule has 0 saturated carbocycles. The highest BCUT2D eigenvalue weighted by molar-refractivity contribution is 6.04. The highest BCUT2D eigenvalue weighted by Crippen LogP contribution is 2.33. The van der Waals surface area contributed by atoms with Gasteiger partial charge in [0.2, 0.25) is 0 Å². The van der Waals surface area contributed by atoms with E-state index in [2.05, 4.69) is 6.92 Å². The Morgan fingerprint density at radius 2 is 2.18 bits per heavy atom. The third-order valence-corrected chi connectivity index (χ3v) is 3.23. The lowest BCUT2D eigenvalue weighted by atomic mass is 9.77. The topological polar surface area (TPSA) is 52.6 Å². The molecule has 1 atom stereocenters. The predicted octanol–water partition coefficient (Wildman–Crippen LogP) is 2.11. The zero-order valence-electron chi connectivity index (χ0n) is 10.8. The Morgan fingerprint density at radius 3 is 2.76 bits per heavy atom. The van der Waals surface area contributed by atoms with Gasteiger partial charge in [0.25, 0.3) is 0 Å². The average molecular weight is 242 g/mol. The first-order valence-corrected chi connectivity index (χ1v) is 6.45. The Hall–Kier alpha value is -0.900. The second kappa shape index (κ2) is 6.74. The molecule has 1 rings (SSSR count). The minimum Gasteiger partial charge on any atom is -0.465 e. The van der Waals surface area contributed by atoms with E-state index in [1.54, 1.807) is 6.92 Å². The minimum atomic E-state index is -1.02. The van der Waals surface area contributed by atoms with Gasteiger partial charge in [0.1, 0.15) is 5.41 Å². The third-order valence-electron chi connectivity index (χ3n) is 3.23. The standard InChI is InChI=1S/C13H22O4/c1-3-5-6-8-13(12(15)17-4-2)10-16-9-7-11(13)14/h3-10H2,1-2H3. The first-order valence-electron chi connectivity index (χ1n) is 6.45. The summed E-state index contributed by atoms with van der Waals surface area (Å²) in [5, 5.41) is 0. The monoisotopic (exact) mass is 242 g/mol. The van der Waals surface area contributed by atoms with Gasteiger partial charge in [0.15, 0.2) is 5.78 Å². The molecule has 0 radical (unpaired) electrons. The Kier molecular flexibility index (Phi) is 5.62. The molecular formula is C13H22O4. The van der Waals surface area contributed by atoms with Crippen molar-refractivity contribution in [2.45, 2.75) is 46.0 Å². The van der Waals surface area contributed by atoms with Gasteiger partial charge >= 0.3 is 5.97 Å². The van der Waals surface area contributed by atoms with Crippen LogP contribution in [0.2, 0.25) is 0 Å². The Labute approximate surface area is 103 Å². The summed E-state index contributed by atoms with van der Waals surface area (Å²) in [5.41, 5.74) is -1.02. The number of ether oxygens (including phenoxy) is 2. The predicted molar refractivity (Wildman–Crippen MR) is 63.7 cm³/mol. The van der Waals surface area contributed by atoms with Gasteiger partial charge in [0.05, 0.1) is 19.8 Å². The normalized spacial score (nSPS) is 24.7. The molecule has 0 N–H and O–H groups in total. The first-order chi connectivity index (χ1) is 8.17. The van der Waals surface area contributed by atoms with E-state index in [0.717, 1.165) is 19.3 Å². The van der Waals surface area contributed by atoms with Crippen molar-refractivity contribution in [3.8, 4) is 0 Å². The molecule has 0 spiro atoms. The van der Waals surface area contributed by atoms with Gasteiger partial charge < -0.3 is 9.47 Å². The second-order valence-electron chi connectivity index (χ2n) is 4.49. The first kappa shape index (κ1) is 14.2. The van der Waals surface area contributed by atoms with E-state index >= 15 is 0 Å². The van der Waals surface area contributed by atoms with Crippen molar-refractivity contribution >= 4 is 11.8 Å². The number of rotatable bonds is 6. The number of hydrogen-bond acceptors (Lipinski definition) is 4.